The van der Waals surface area contributed by atoms with Crippen molar-refractivity contribution in [2.75, 3.05) is 13.6 Å². The van der Waals surface area contributed by atoms with Gasteiger partial charge in [0.05, 0.1) is 12.6 Å². The molecule has 27 heavy (non-hydrogen) atoms. The molecule has 0 aliphatic carbocycles. The number of amides is 3. The lowest BCUT2D eigenvalue weighted by Gasteiger charge is -2.30. The lowest BCUT2D eigenvalue weighted by Crippen LogP contribution is -2.42. The first kappa shape index (κ1) is 18.8. The number of nitrogens with one attached hydrogen (secondary N) is 2. The quantitative estimate of drug-likeness (QED) is 0.855. The van der Waals surface area contributed by atoms with E-state index >= 15 is 0 Å². The molecule has 144 valence electrons. The molecular formula is C18H22FN5O3. The molecule has 8 nitrogen and oxygen atoms in total. The van der Waals surface area contributed by atoms with Gasteiger partial charge >= 0.3 is 6.03 Å². The zero-order valence-corrected chi connectivity index (χ0v) is 15.1. The van der Waals surface area contributed by atoms with Crippen LogP contribution in [0.5, 0.6) is 0 Å². The number of aromatic nitrogens is 2. The molecule has 1 aromatic heterocycles. The van der Waals surface area contributed by atoms with Gasteiger partial charge in [-0.2, -0.15) is 4.98 Å². The number of benzene rings is 1. The summed E-state index contributed by atoms with van der Waals surface area (Å²) in [6, 6.07) is 5.89. The maximum Gasteiger partial charge on any atom is 0.318 e. The first-order chi connectivity index (χ1) is 13.1. The van der Waals surface area contributed by atoms with Crippen LogP contribution in [0.2, 0.25) is 0 Å². The predicted molar refractivity (Wildman–Crippen MR) is 94.2 cm³/mol. The average molecular weight is 375 g/mol. The highest BCUT2D eigenvalue weighted by atomic mass is 19.1. The summed E-state index contributed by atoms with van der Waals surface area (Å²) in [5, 5.41) is 8.70. The molecule has 1 aromatic carbocycles. The molecule has 0 spiro atoms. The van der Waals surface area contributed by atoms with Crippen LogP contribution in [0.4, 0.5) is 9.18 Å². The van der Waals surface area contributed by atoms with Crippen molar-refractivity contribution in [3.05, 3.63) is 47.4 Å². The van der Waals surface area contributed by atoms with Crippen LogP contribution in [0.3, 0.4) is 0 Å². The minimum absolute atomic E-state index is 0.00913. The van der Waals surface area contributed by atoms with Crippen LogP contribution in [-0.2, 0) is 6.54 Å². The molecule has 9 heteroatoms. The van der Waals surface area contributed by atoms with Crippen molar-refractivity contribution < 1.29 is 18.5 Å². The van der Waals surface area contributed by atoms with Crippen molar-refractivity contribution >= 4 is 11.9 Å². The van der Waals surface area contributed by atoms with E-state index in [9.17, 15) is 14.0 Å². The Labute approximate surface area is 156 Å². The van der Waals surface area contributed by atoms with Crippen molar-refractivity contribution in [2.45, 2.75) is 38.3 Å². The van der Waals surface area contributed by atoms with Gasteiger partial charge in [0, 0.05) is 13.6 Å². The molecule has 1 aliphatic heterocycles. The van der Waals surface area contributed by atoms with Crippen LogP contribution in [0.1, 0.15) is 53.8 Å². The molecule has 1 aliphatic rings. The fourth-order valence-corrected chi connectivity index (χ4v) is 3.20. The van der Waals surface area contributed by atoms with Gasteiger partial charge in [0.15, 0.2) is 0 Å². The Hall–Kier alpha value is -2.97. The van der Waals surface area contributed by atoms with Crippen LogP contribution < -0.4 is 10.6 Å². The monoisotopic (exact) mass is 375 g/mol. The van der Waals surface area contributed by atoms with Crippen molar-refractivity contribution in [1.29, 1.82) is 0 Å². The summed E-state index contributed by atoms with van der Waals surface area (Å²) in [5.74, 6) is -0.729. The van der Waals surface area contributed by atoms with Gasteiger partial charge in [-0.05, 0) is 30.5 Å². The van der Waals surface area contributed by atoms with E-state index in [1.54, 1.807) is 11.0 Å². The summed E-state index contributed by atoms with van der Waals surface area (Å²) < 4.78 is 18.6. The van der Waals surface area contributed by atoms with Crippen molar-refractivity contribution in [2.24, 2.45) is 0 Å². The molecule has 1 saturated heterocycles. The Morgan fingerprint density at radius 3 is 2.96 bits per heavy atom. The number of hydrogen-bond donors (Lipinski definition) is 2. The minimum Gasteiger partial charge on any atom is -0.352 e. The third-order valence-corrected chi connectivity index (χ3v) is 4.54. The molecule has 1 atom stereocenters. The van der Waals surface area contributed by atoms with Crippen LogP contribution in [0.15, 0.2) is 28.8 Å². The lowest BCUT2D eigenvalue weighted by molar-refractivity contribution is 0.0949. The maximum absolute atomic E-state index is 13.6. The smallest absolute Gasteiger partial charge is 0.318 e. The Kier molecular flexibility index (Phi) is 6.00. The second kappa shape index (κ2) is 8.61. The number of urea groups is 1. The highest BCUT2D eigenvalue weighted by Gasteiger charge is 2.27. The van der Waals surface area contributed by atoms with Gasteiger partial charge in [0.25, 0.3) is 11.7 Å². The highest BCUT2D eigenvalue weighted by Crippen LogP contribution is 2.30. The van der Waals surface area contributed by atoms with E-state index in [1.165, 1.54) is 19.2 Å². The fraction of sp³-hybridized carbons (Fsp3) is 0.444. The number of halogens is 1. The highest BCUT2D eigenvalue weighted by molar-refractivity contribution is 5.89. The number of carbonyl (C=O) groups is 2. The van der Waals surface area contributed by atoms with Gasteiger partial charge in [-0.1, -0.05) is 30.1 Å². The molecule has 0 unspecified atom stereocenters. The molecule has 0 radical (unpaired) electrons. The molecule has 1 fully saturated rings. The van der Waals surface area contributed by atoms with Crippen LogP contribution in [0, 0.1) is 5.82 Å². The summed E-state index contributed by atoms with van der Waals surface area (Å²) in [6.07, 6.45) is 3.66. The summed E-state index contributed by atoms with van der Waals surface area (Å²) in [6.45, 7) is 0.593. The Morgan fingerprint density at radius 1 is 1.33 bits per heavy atom. The normalized spacial score (nSPS) is 17.3. The second-order valence-electron chi connectivity index (χ2n) is 6.36. The third kappa shape index (κ3) is 4.60. The topological polar surface area (TPSA) is 100 Å². The van der Waals surface area contributed by atoms with Crippen molar-refractivity contribution in [3.63, 3.8) is 0 Å². The maximum atomic E-state index is 13.6. The summed E-state index contributed by atoms with van der Waals surface area (Å²) in [4.78, 5) is 29.8. The molecule has 3 amide bonds. The van der Waals surface area contributed by atoms with E-state index in [2.05, 4.69) is 20.8 Å². The molecule has 2 aromatic rings. The van der Waals surface area contributed by atoms with Crippen molar-refractivity contribution in [1.82, 2.24) is 25.7 Å². The Bertz CT molecular complexity index is 810. The zero-order valence-electron chi connectivity index (χ0n) is 15.1. The van der Waals surface area contributed by atoms with Crippen LogP contribution in [-0.4, -0.2) is 40.6 Å². The third-order valence-electron chi connectivity index (χ3n) is 4.54. The second-order valence-corrected chi connectivity index (χ2v) is 6.36. The van der Waals surface area contributed by atoms with E-state index in [-0.39, 0.29) is 36.2 Å². The van der Waals surface area contributed by atoms with Gasteiger partial charge in [0.2, 0.25) is 5.89 Å². The number of carbonyl (C=O) groups excluding carboxylic acids is 2. The largest absolute Gasteiger partial charge is 0.352 e. The van der Waals surface area contributed by atoms with E-state index in [1.807, 2.05) is 6.07 Å². The van der Waals surface area contributed by atoms with E-state index in [4.69, 9.17) is 4.52 Å². The van der Waals surface area contributed by atoms with Gasteiger partial charge in [-0.15, -0.1) is 0 Å². The Balaban J connectivity index is 1.68. The number of rotatable bonds is 4. The van der Waals surface area contributed by atoms with Gasteiger partial charge in [0.1, 0.15) is 5.82 Å². The van der Waals surface area contributed by atoms with Gasteiger partial charge in [-0.25, -0.2) is 9.18 Å². The molecule has 0 saturated carbocycles. The first-order valence-electron chi connectivity index (χ1n) is 8.93. The standard InChI is InChI=1S/C18H22FN5O3/c1-20-17(25)16-22-15(27-23-16)11-21-18(26)24-9-4-2-3-8-14(24)12-6-5-7-13(19)10-12/h5-7,10,14H,2-4,8-9,11H2,1H3,(H,20,25)(H,21,26)/t14-/m0/s1. The van der Waals surface area contributed by atoms with Crippen LogP contribution in [0.25, 0.3) is 0 Å². The molecule has 2 N–H and O–H groups in total. The van der Waals surface area contributed by atoms with E-state index in [0.29, 0.717) is 6.54 Å². The van der Waals surface area contributed by atoms with Gasteiger partial charge < -0.3 is 20.1 Å². The Morgan fingerprint density at radius 2 is 2.19 bits per heavy atom. The first-order valence-corrected chi connectivity index (χ1v) is 8.93. The summed E-state index contributed by atoms with van der Waals surface area (Å²) in [5.41, 5.74) is 0.784. The SMILES string of the molecule is CNC(=O)c1noc(CNC(=O)N2CCCCC[C@H]2c2cccc(F)c2)n1. The summed E-state index contributed by atoms with van der Waals surface area (Å²) >= 11 is 0. The number of likely N-dealkylation sites (tertiary alicyclic amines) is 1. The average Bonchev–Trinajstić information content (AvgIpc) is 3.01. The summed E-state index contributed by atoms with van der Waals surface area (Å²) in [7, 11) is 1.46. The minimum atomic E-state index is -0.463. The van der Waals surface area contributed by atoms with E-state index in [0.717, 1.165) is 31.2 Å². The van der Waals surface area contributed by atoms with Gasteiger partial charge in [-0.3, -0.25) is 4.79 Å². The molecular weight excluding hydrogens is 353 g/mol. The fourth-order valence-electron chi connectivity index (χ4n) is 3.20. The molecule has 2 heterocycles. The number of nitrogens with zero attached hydrogens (tertiary/aromatic N) is 3. The predicted octanol–water partition coefficient (Wildman–Crippen LogP) is 2.40. The van der Waals surface area contributed by atoms with E-state index < -0.39 is 5.91 Å². The molecule has 0 bridgehead atoms. The van der Waals surface area contributed by atoms with Crippen LogP contribution >= 0.6 is 0 Å². The zero-order chi connectivity index (χ0) is 19.2. The number of hydrogen-bond acceptors (Lipinski definition) is 5. The van der Waals surface area contributed by atoms with Crippen molar-refractivity contribution in [3.8, 4) is 0 Å². The lowest BCUT2D eigenvalue weighted by atomic mass is 10.0. The molecule has 3 rings (SSSR count).